The summed E-state index contributed by atoms with van der Waals surface area (Å²) >= 11 is 10.5. The minimum atomic E-state index is 0.130. The van der Waals surface area contributed by atoms with Crippen molar-refractivity contribution in [3.63, 3.8) is 0 Å². The SMILES string of the molecule is C=C(C)C(Cl)CC/C(C)=C/CCC1(C)SCCCS1. The maximum Gasteiger partial charge on any atom is 0.0586 e. The molecule has 1 aliphatic heterocycles. The molecule has 0 aromatic rings. The second-order valence-corrected chi connectivity index (χ2v) is 9.61. The quantitative estimate of drug-likeness (QED) is 0.401. The van der Waals surface area contributed by atoms with E-state index in [9.17, 15) is 0 Å². The van der Waals surface area contributed by atoms with Crippen molar-refractivity contribution in [2.24, 2.45) is 0 Å². The monoisotopic (exact) mass is 318 g/mol. The van der Waals surface area contributed by atoms with Crippen LogP contribution < -0.4 is 0 Å². The highest BCUT2D eigenvalue weighted by atomic mass is 35.5. The molecule has 0 aromatic heterocycles. The van der Waals surface area contributed by atoms with Crippen LogP contribution in [-0.2, 0) is 0 Å². The average molecular weight is 319 g/mol. The molecule has 1 heterocycles. The zero-order chi connectivity index (χ0) is 14.3. The maximum atomic E-state index is 6.20. The van der Waals surface area contributed by atoms with Gasteiger partial charge in [-0.2, -0.15) is 0 Å². The van der Waals surface area contributed by atoms with Crippen LogP contribution >= 0.6 is 35.1 Å². The maximum absolute atomic E-state index is 6.20. The summed E-state index contributed by atoms with van der Waals surface area (Å²) in [4.78, 5) is 0. The molecule has 0 aromatic carbocycles. The molecule has 1 atom stereocenters. The fourth-order valence-corrected chi connectivity index (χ4v) is 5.20. The Labute approximate surface area is 132 Å². The lowest BCUT2D eigenvalue weighted by atomic mass is 10.0. The Kier molecular flexibility index (Phi) is 8.01. The summed E-state index contributed by atoms with van der Waals surface area (Å²) in [7, 11) is 0. The lowest BCUT2D eigenvalue weighted by Gasteiger charge is -2.32. The van der Waals surface area contributed by atoms with E-state index in [2.05, 4.69) is 50.0 Å². The number of alkyl halides is 1. The summed E-state index contributed by atoms with van der Waals surface area (Å²) in [5, 5.41) is 0.130. The molecule has 1 rings (SSSR count). The largest absolute Gasteiger partial charge is 0.144 e. The molecule has 3 heteroatoms. The normalized spacial score (nSPS) is 21.2. The van der Waals surface area contributed by atoms with Gasteiger partial charge in [-0.05, 0) is 64.4 Å². The van der Waals surface area contributed by atoms with E-state index >= 15 is 0 Å². The molecule has 1 unspecified atom stereocenters. The zero-order valence-corrected chi connectivity index (χ0v) is 14.9. The van der Waals surface area contributed by atoms with E-state index in [0.717, 1.165) is 18.4 Å². The second-order valence-electron chi connectivity index (χ2n) is 5.63. The van der Waals surface area contributed by atoms with Crippen LogP contribution in [0.3, 0.4) is 0 Å². The third-order valence-electron chi connectivity index (χ3n) is 3.52. The third-order valence-corrected chi connectivity index (χ3v) is 7.43. The van der Waals surface area contributed by atoms with Gasteiger partial charge in [-0.25, -0.2) is 0 Å². The predicted molar refractivity (Wildman–Crippen MR) is 94.6 cm³/mol. The summed E-state index contributed by atoms with van der Waals surface area (Å²) in [5.41, 5.74) is 2.55. The van der Waals surface area contributed by atoms with Crippen molar-refractivity contribution in [1.82, 2.24) is 0 Å². The van der Waals surface area contributed by atoms with Crippen LogP contribution in [0.15, 0.2) is 23.8 Å². The van der Waals surface area contributed by atoms with Gasteiger partial charge in [0.1, 0.15) is 0 Å². The fraction of sp³-hybridized carbons (Fsp3) is 0.750. The lowest BCUT2D eigenvalue weighted by molar-refractivity contribution is 0.759. The van der Waals surface area contributed by atoms with E-state index in [-0.39, 0.29) is 5.38 Å². The summed E-state index contributed by atoms with van der Waals surface area (Å²) in [6.45, 7) is 10.5. The van der Waals surface area contributed by atoms with Crippen molar-refractivity contribution in [2.75, 3.05) is 11.5 Å². The van der Waals surface area contributed by atoms with Crippen molar-refractivity contribution in [1.29, 1.82) is 0 Å². The van der Waals surface area contributed by atoms with Crippen LogP contribution in [-0.4, -0.2) is 21.0 Å². The van der Waals surface area contributed by atoms with Crippen LogP contribution in [0, 0.1) is 0 Å². The molecule has 0 spiro atoms. The Morgan fingerprint density at radius 1 is 1.37 bits per heavy atom. The summed E-state index contributed by atoms with van der Waals surface area (Å²) < 4.78 is 0.446. The van der Waals surface area contributed by atoms with E-state index in [4.69, 9.17) is 11.6 Å². The topological polar surface area (TPSA) is 0 Å². The Hall–Kier alpha value is 0.470. The molecule has 1 aliphatic rings. The van der Waals surface area contributed by atoms with Gasteiger partial charge in [0.15, 0.2) is 0 Å². The Morgan fingerprint density at radius 2 is 2.00 bits per heavy atom. The molecule has 0 amide bonds. The van der Waals surface area contributed by atoms with Crippen LogP contribution in [0.1, 0.15) is 52.9 Å². The first-order valence-electron chi connectivity index (χ1n) is 7.16. The Balaban J connectivity index is 2.25. The van der Waals surface area contributed by atoms with Crippen LogP contribution in [0.25, 0.3) is 0 Å². The number of hydrogen-bond donors (Lipinski definition) is 0. The molecule has 0 N–H and O–H groups in total. The van der Waals surface area contributed by atoms with Crippen LogP contribution in [0.5, 0.6) is 0 Å². The summed E-state index contributed by atoms with van der Waals surface area (Å²) in [5.74, 6) is 2.66. The lowest BCUT2D eigenvalue weighted by Crippen LogP contribution is -2.20. The van der Waals surface area contributed by atoms with Gasteiger partial charge in [0.05, 0.1) is 9.46 Å². The van der Waals surface area contributed by atoms with Gasteiger partial charge in [-0.15, -0.1) is 35.1 Å². The number of hydrogen-bond acceptors (Lipinski definition) is 2. The van der Waals surface area contributed by atoms with Crippen LogP contribution in [0.4, 0.5) is 0 Å². The molecule has 19 heavy (non-hydrogen) atoms. The minimum absolute atomic E-state index is 0.130. The Morgan fingerprint density at radius 3 is 2.58 bits per heavy atom. The van der Waals surface area contributed by atoms with E-state index in [1.807, 2.05) is 6.92 Å². The van der Waals surface area contributed by atoms with Crippen molar-refractivity contribution >= 4 is 35.1 Å². The number of thioether (sulfide) groups is 2. The van der Waals surface area contributed by atoms with Crippen molar-refractivity contribution in [3.05, 3.63) is 23.8 Å². The fourth-order valence-electron chi connectivity index (χ4n) is 2.10. The van der Waals surface area contributed by atoms with E-state index in [1.54, 1.807) is 0 Å². The number of allylic oxidation sites excluding steroid dienone is 3. The van der Waals surface area contributed by atoms with Gasteiger partial charge >= 0.3 is 0 Å². The number of rotatable bonds is 7. The molecule has 0 nitrogen and oxygen atoms in total. The van der Waals surface area contributed by atoms with E-state index in [1.165, 1.54) is 36.3 Å². The highest BCUT2D eigenvalue weighted by Gasteiger charge is 2.27. The van der Waals surface area contributed by atoms with E-state index in [0.29, 0.717) is 4.08 Å². The molecule has 0 bridgehead atoms. The van der Waals surface area contributed by atoms with Gasteiger partial charge < -0.3 is 0 Å². The standard InChI is InChI=1S/C16H27ClS2/c1-13(2)15(17)9-8-14(3)7-5-10-16(4)18-11-6-12-19-16/h7,15H,1,5-6,8-12H2,2-4H3/b14-7+. The molecular formula is C16H27ClS2. The summed E-state index contributed by atoms with van der Waals surface area (Å²) in [6, 6.07) is 0. The molecule has 110 valence electrons. The van der Waals surface area contributed by atoms with Crippen LogP contribution in [0.2, 0.25) is 0 Å². The molecule has 0 aliphatic carbocycles. The average Bonchev–Trinajstić information content (AvgIpc) is 2.36. The van der Waals surface area contributed by atoms with Gasteiger partial charge in [-0.3, -0.25) is 0 Å². The van der Waals surface area contributed by atoms with Gasteiger partial charge in [0, 0.05) is 0 Å². The van der Waals surface area contributed by atoms with Gasteiger partial charge in [0.25, 0.3) is 0 Å². The first kappa shape index (κ1) is 17.5. The van der Waals surface area contributed by atoms with Crippen molar-refractivity contribution in [3.8, 4) is 0 Å². The second kappa shape index (κ2) is 8.69. The van der Waals surface area contributed by atoms with Crippen molar-refractivity contribution in [2.45, 2.75) is 62.3 Å². The Bertz CT molecular complexity index is 317. The first-order chi connectivity index (χ1) is 8.93. The number of halogens is 1. The first-order valence-corrected chi connectivity index (χ1v) is 9.57. The predicted octanol–water partition coefficient (Wildman–Crippen LogP) is 6.26. The van der Waals surface area contributed by atoms with Gasteiger partial charge in [0.2, 0.25) is 0 Å². The minimum Gasteiger partial charge on any atom is -0.144 e. The molecule has 0 radical (unpaired) electrons. The van der Waals surface area contributed by atoms with Gasteiger partial charge in [-0.1, -0.05) is 23.8 Å². The van der Waals surface area contributed by atoms with E-state index < -0.39 is 0 Å². The highest BCUT2D eigenvalue weighted by Crippen LogP contribution is 2.45. The molecular weight excluding hydrogens is 292 g/mol. The smallest absolute Gasteiger partial charge is 0.0586 e. The molecule has 1 saturated heterocycles. The zero-order valence-electron chi connectivity index (χ0n) is 12.5. The summed E-state index contributed by atoms with van der Waals surface area (Å²) in [6.07, 6.45) is 8.37. The molecule has 1 fully saturated rings. The molecule has 0 saturated carbocycles. The third kappa shape index (κ3) is 7.15. The highest BCUT2D eigenvalue weighted by molar-refractivity contribution is 8.18. The van der Waals surface area contributed by atoms with Crippen molar-refractivity contribution < 1.29 is 0 Å².